The maximum Gasteiger partial charge on any atom is 0.260 e. The lowest BCUT2D eigenvalue weighted by molar-refractivity contribution is -0.127. The molecule has 0 spiro atoms. The molecular weight excluding hydrogens is 389 g/mol. The van der Waals surface area contributed by atoms with E-state index >= 15 is 0 Å². The standard InChI is InChI=1S/C20H23Cl2NO2S/c1-13-6-4-9-19(14(13)2)25-15(3)20(24)23-10-11-26-12-16-17(21)7-5-8-18(16)22/h4-9,15H,10-12H2,1-3H3,(H,23,24)/t15-/m1/s1. The van der Waals surface area contributed by atoms with Crippen molar-refractivity contribution < 1.29 is 9.53 Å². The van der Waals surface area contributed by atoms with Crippen LogP contribution in [0.5, 0.6) is 5.75 Å². The zero-order chi connectivity index (χ0) is 19.1. The molecular formula is C20H23Cl2NO2S. The van der Waals surface area contributed by atoms with Gasteiger partial charge in [0.1, 0.15) is 5.75 Å². The van der Waals surface area contributed by atoms with Crippen LogP contribution in [0.25, 0.3) is 0 Å². The molecule has 0 aliphatic rings. The van der Waals surface area contributed by atoms with Crippen LogP contribution in [0.2, 0.25) is 10.0 Å². The predicted octanol–water partition coefficient (Wildman–Crippen LogP) is 5.43. The first-order valence-corrected chi connectivity index (χ1v) is 10.3. The Hall–Kier alpha value is -1.36. The van der Waals surface area contributed by atoms with Gasteiger partial charge in [0.25, 0.3) is 5.91 Å². The number of rotatable bonds is 8. The third-order valence-corrected chi connectivity index (χ3v) is 5.78. The van der Waals surface area contributed by atoms with Gasteiger partial charge in [-0.25, -0.2) is 0 Å². The molecule has 26 heavy (non-hydrogen) atoms. The van der Waals surface area contributed by atoms with E-state index < -0.39 is 6.10 Å². The van der Waals surface area contributed by atoms with E-state index in [2.05, 4.69) is 5.32 Å². The van der Waals surface area contributed by atoms with E-state index in [0.29, 0.717) is 22.3 Å². The molecule has 1 N–H and O–H groups in total. The fraction of sp³-hybridized carbons (Fsp3) is 0.350. The number of benzene rings is 2. The summed E-state index contributed by atoms with van der Waals surface area (Å²) in [5.41, 5.74) is 3.13. The van der Waals surface area contributed by atoms with Gasteiger partial charge in [0.05, 0.1) is 0 Å². The van der Waals surface area contributed by atoms with E-state index in [0.717, 1.165) is 28.2 Å². The number of amides is 1. The molecule has 140 valence electrons. The summed E-state index contributed by atoms with van der Waals surface area (Å²) in [6.07, 6.45) is -0.543. The van der Waals surface area contributed by atoms with Gasteiger partial charge in [0.2, 0.25) is 0 Å². The molecule has 0 saturated carbocycles. The smallest absolute Gasteiger partial charge is 0.260 e. The Morgan fingerprint density at radius 1 is 1.15 bits per heavy atom. The summed E-state index contributed by atoms with van der Waals surface area (Å²) < 4.78 is 5.79. The number of carbonyl (C=O) groups is 1. The SMILES string of the molecule is Cc1cccc(O[C@H](C)C(=O)NCCSCc2c(Cl)cccc2Cl)c1C. The zero-order valence-electron chi connectivity index (χ0n) is 15.1. The van der Waals surface area contributed by atoms with Crippen LogP contribution in [0, 0.1) is 13.8 Å². The number of carbonyl (C=O) groups excluding carboxylic acids is 1. The average molecular weight is 412 g/mol. The number of hydrogen-bond donors (Lipinski definition) is 1. The van der Waals surface area contributed by atoms with Crippen LogP contribution < -0.4 is 10.1 Å². The van der Waals surface area contributed by atoms with Crippen LogP contribution in [-0.2, 0) is 10.5 Å². The molecule has 0 unspecified atom stereocenters. The van der Waals surface area contributed by atoms with Crippen LogP contribution in [0.3, 0.4) is 0 Å². The van der Waals surface area contributed by atoms with E-state index in [4.69, 9.17) is 27.9 Å². The highest BCUT2D eigenvalue weighted by atomic mass is 35.5. The third-order valence-electron chi connectivity index (χ3n) is 4.08. The monoisotopic (exact) mass is 411 g/mol. The Morgan fingerprint density at radius 2 is 1.81 bits per heavy atom. The number of ether oxygens (including phenoxy) is 1. The lowest BCUT2D eigenvalue weighted by Gasteiger charge is -2.17. The molecule has 3 nitrogen and oxygen atoms in total. The first-order chi connectivity index (χ1) is 12.4. The topological polar surface area (TPSA) is 38.3 Å². The molecule has 0 fully saturated rings. The maximum absolute atomic E-state index is 12.2. The van der Waals surface area contributed by atoms with Crippen molar-refractivity contribution in [1.82, 2.24) is 5.32 Å². The Balaban J connectivity index is 1.74. The number of nitrogens with one attached hydrogen (secondary N) is 1. The molecule has 2 aromatic rings. The lowest BCUT2D eigenvalue weighted by Crippen LogP contribution is -2.37. The molecule has 0 aliphatic carbocycles. The highest BCUT2D eigenvalue weighted by molar-refractivity contribution is 7.98. The highest BCUT2D eigenvalue weighted by Crippen LogP contribution is 2.28. The second kappa shape index (κ2) is 10.1. The molecule has 1 atom stereocenters. The summed E-state index contributed by atoms with van der Waals surface area (Å²) in [5.74, 6) is 2.10. The quantitative estimate of drug-likeness (QED) is 0.588. The van der Waals surface area contributed by atoms with Crippen LogP contribution in [0.15, 0.2) is 36.4 Å². The molecule has 1 amide bonds. The van der Waals surface area contributed by atoms with Crippen molar-refractivity contribution >= 4 is 40.9 Å². The maximum atomic E-state index is 12.2. The molecule has 2 aromatic carbocycles. The van der Waals surface area contributed by atoms with Crippen molar-refractivity contribution in [2.75, 3.05) is 12.3 Å². The van der Waals surface area contributed by atoms with E-state index in [1.165, 1.54) is 0 Å². The minimum atomic E-state index is -0.543. The zero-order valence-corrected chi connectivity index (χ0v) is 17.5. The Labute approximate surface area is 169 Å². The first kappa shape index (κ1) is 20.9. The van der Waals surface area contributed by atoms with E-state index in [9.17, 15) is 4.79 Å². The minimum absolute atomic E-state index is 0.123. The van der Waals surface area contributed by atoms with E-state index in [-0.39, 0.29) is 5.91 Å². The first-order valence-electron chi connectivity index (χ1n) is 8.41. The number of thioether (sulfide) groups is 1. The van der Waals surface area contributed by atoms with Gasteiger partial charge in [-0.15, -0.1) is 0 Å². The summed E-state index contributed by atoms with van der Waals surface area (Å²) >= 11 is 14.0. The summed E-state index contributed by atoms with van der Waals surface area (Å²) in [5, 5.41) is 4.24. The van der Waals surface area contributed by atoms with Crippen molar-refractivity contribution in [3.05, 3.63) is 63.1 Å². The van der Waals surface area contributed by atoms with Crippen LogP contribution in [0.4, 0.5) is 0 Å². The summed E-state index contributed by atoms with van der Waals surface area (Å²) in [6, 6.07) is 11.3. The van der Waals surface area contributed by atoms with Gasteiger partial charge in [-0.2, -0.15) is 11.8 Å². The summed E-state index contributed by atoms with van der Waals surface area (Å²) in [4.78, 5) is 12.2. The average Bonchev–Trinajstić information content (AvgIpc) is 2.60. The van der Waals surface area contributed by atoms with Gasteiger partial charge in [0.15, 0.2) is 6.10 Å². The molecule has 0 heterocycles. The third kappa shape index (κ3) is 5.83. The fourth-order valence-electron chi connectivity index (χ4n) is 2.33. The molecule has 0 aliphatic heterocycles. The van der Waals surface area contributed by atoms with Gasteiger partial charge in [0, 0.05) is 28.1 Å². The van der Waals surface area contributed by atoms with Crippen LogP contribution in [-0.4, -0.2) is 24.3 Å². The number of halogens is 2. The number of aryl methyl sites for hydroxylation is 1. The highest BCUT2D eigenvalue weighted by Gasteiger charge is 2.15. The van der Waals surface area contributed by atoms with E-state index in [1.807, 2.05) is 50.2 Å². The summed E-state index contributed by atoms with van der Waals surface area (Å²) in [7, 11) is 0. The second-order valence-electron chi connectivity index (χ2n) is 6.00. The van der Waals surface area contributed by atoms with Crippen molar-refractivity contribution in [3.8, 4) is 5.75 Å². The lowest BCUT2D eigenvalue weighted by atomic mass is 10.1. The Kier molecular flexibility index (Phi) is 8.14. The molecule has 0 aromatic heterocycles. The normalized spacial score (nSPS) is 11.9. The fourth-order valence-corrected chi connectivity index (χ4v) is 3.93. The Morgan fingerprint density at radius 3 is 2.50 bits per heavy atom. The van der Waals surface area contributed by atoms with E-state index in [1.54, 1.807) is 18.7 Å². The molecule has 0 radical (unpaired) electrons. The van der Waals surface area contributed by atoms with Crippen molar-refractivity contribution in [1.29, 1.82) is 0 Å². The summed E-state index contributed by atoms with van der Waals surface area (Å²) in [6.45, 7) is 6.33. The minimum Gasteiger partial charge on any atom is -0.481 e. The molecule has 0 saturated heterocycles. The van der Waals surface area contributed by atoms with Gasteiger partial charge in [-0.3, -0.25) is 4.79 Å². The van der Waals surface area contributed by atoms with Crippen molar-refractivity contribution in [3.63, 3.8) is 0 Å². The molecule has 6 heteroatoms. The van der Waals surface area contributed by atoms with Gasteiger partial charge in [-0.05, 0) is 55.7 Å². The number of hydrogen-bond acceptors (Lipinski definition) is 3. The van der Waals surface area contributed by atoms with Gasteiger partial charge >= 0.3 is 0 Å². The van der Waals surface area contributed by atoms with Crippen molar-refractivity contribution in [2.45, 2.75) is 32.6 Å². The van der Waals surface area contributed by atoms with Crippen LogP contribution >= 0.6 is 35.0 Å². The molecule has 0 bridgehead atoms. The van der Waals surface area contributed by atoms with Crippen LogP contribution in [0.1, 0.15) is 23.6 Å². The second-order valence-corrected chi connectivity index (χ2v) is 7.92. The van der Waals surface area contributed by atoms with Crippen molar-refractivity contribution in [2.24, 2.45) is 0 Å². The van der Waals surface area contributed by atoms with Gasteiger partial charge in [-0.1, -0.05) is 41.4 Å². The molecule has 2 rings (SSSR count). The largest absolute Gasteiger partial charge is 0.481 e. The Bertz CT molecular complexity index is 747. The van der Waals surface area contributed by atoms with Gasteiger partial charge < -0.3 is 10.1 Å². The predicted molar refractivity (Wildman–Crippen MR) is 112 cm³/mol.